The van der Waals surface area contributed by atoms with E-state index in [9.17, 15) is 4.79 Å². The topological polar surface area (TPSA) is 38.3 Å². The third-order valence-corrected chi connectivity index (χ3v) is 1.77. The van der Waals surface area contributed by atoms with Gasteiger partial charge in [-0.25, -0.2) is 0 Å². The molecule has 0 aromatic heterocycles. The minimum Gasteiger partial charge on any atom is -0.369 e. The molecule has 0 unspecified atom stereocenters. The summed E-state index contributed by atoms with van der Waals surface area (Å²) in [6, 6.07) is 0.752. The number of amides is 1. The molecular weight excluding hydrogens is 202 g/mol. The monoisotopic (exact) mass is 220 g/mol. The van der Waals surface area contributed by atoms with E-state index >= 15 is 0 Å². The third kappa shape index (κ3) is 6.22. The Labute approximate surface area is 91.2 Å². The van der Waals surface area contributed by atoms with Gasteiger partial charge in [0.05, 0.1) is 23.6 Å². The van der Waals surface area contributed by atoms with Crippen LogP contribution >= 0.6 is 11.6 Å². The van der Waals surface area contributed by atoms with Gasteiger partial charge >= 0.3 is 0 Å². The molecule has 0 aromatic rings. The first-order valence-corrected chi connectivity index (χ1v) is 5.14. The van der Waals surface area contributed by atoms with E-state index in [1.807, 2.05) is 20.8 Å². The van der Waals surface area contributed by atoms with Crippen molar-refractivity contribution in [3.63, 3.8) is 0 Å². The molecule has 14 heavy (non-hydrogen) atoms. The first-order chi connectivity index (χ1) is 6.26. The average molecular weight is 221 g/mol. The summed E-state index contributed by atoms with van der Waals surface area (Å²) in [7, 11) is 0. The predicted octanol–water partition coefficient (Wildman–Crippen LogP) is 2.10. The number of alkyl halides is 1. The maximum Gasteiger partial charge on any atom is 0.217 e. The van der Waals surface area contributed by atoms with Gasteiger partial charge in [-0.05, 0) is 27.7 Å². The lowest BCUT2D eigenvalue weighted by Gasteiger charge is -2.29. The van der Waals surface area contributed by atoms with Crippen LogP contribution in [-0.2, 0) is 9.53 Å². The number of halogens is 1. The van der Waals surface area contributed by atoms with Gasteiger partial charge in [-0.3, -0.25) is 4.79 Å². The van der Waals surface area contributed by atoms with E-state index < -0.39 is 0 Å². The fourth-order valence-corrected chi connectivity index (χ4v) is 1.31. The molecule has 3 nitrogen and oxygen atoms in total. The van der Waals surface area contributed by atoms with Gasteiger partial charge < -0.3 is 10.1 Å². The highest BCUT2D eigenvalue weighted by atomic mass is 35.5. The molecule has 0 aromatic carbocycles. The van der Waals surface area contributed by atoms with Crippen molar-refractivity contribution >= 4 is 17.5 Å². The molecule has 1 N–H and O–H groups in total. The number of rotatable bonds is 4. The quantitative estimate of drug-likeness (QED) is 0.737. The molecule has 4 heteroatoms. The van der Waals surface area contributed by atoms with Crippen molar-refractivity contribution < 1.29 is 9.53 Å². The van der Waals surface area contributed by atoms with E-state index in [-0.39, 0.29) is 17.6 Å². The van der Waals surface area contributed by atoms with Crippen LogP contribution in [0.1, 0.15) is 34.6 Å². The molecule has 83 valence electrons. The Kier molecular flexibility index (Phi) is 5.45. The first-order valence-electron chi connectivity index (χ1n) is 4.61. The molecule has 0 fully saturated rings. The lowest BCUT2D eigenvalue weighted by Crippen LogP contribution is -2.39. The van der Waals surface area contributed by atoms with Crippen LogP contribution in [0.2, 0.25) is 0 Å². The molecule has 0 heterocycles. The van der Waals surface area contributed by atoms with E-state index in [1.54, 1.807) is 6.92 Å². The molecule has 0 bridgehead atoms. The highest BCUT2D eigenvalue weighted by molar-refractivity contribution is 6.18. The van der Waals surface area contributed by atoms with Crippen molar-refractivity contribution in [1.29, 1.82) is 0 Å². The van der Waals surface area contributed by atoms with Crippen molar-refractivity contribution in [3.8, 4) is 0 Å². The van der Waals surface area contributed by atoms with Crippen molar-refractivity contribution in [2.75, 3.05) is 5.88 Å². The fraction of sp³-hybridized carbons (Fsp3) is 0.800. The lowest BCUT2D eigenvalue weighted by molar-refractivity contribution is -0.120. The molecule has 0 aliphatic carbocycles. The Hall–Kier alpha value is -0.280. The van der Waals surface area contributed by atoms with Crippen molar-refractivity contribution in [1.82, 2.24) is 5.32 Å². The highest BCUT2D eigenvalue weighted by Gasteiger charge is 2.24. The van der Waals surface area contributed by atoms with Gasteiger partial charge in [0.25, 0.3) is 0 Å². The van der Waals surface area contributed by atoms with Gasteiger partial charge in [-0.2, -0.15) is 0 Å². The summed E-state index contributed by atoms with van der Waals surface area (Å²) in [6.07, 6.45) is -0.236. The number of hydrogen-bond donors (Lipinski definition) is 1. The Morgan fingerprint density at radius 2 is 1.93 bits per heavy atom. The van der Waals surface area contributed by atoms with Crippen LogP contribution in [0.5, 0.6) is 0 Å². The summed E-state index contributed by atoms with van der Waals surface area (Å²) < 4.78 is 5.67. The van der Waals surface area contributed by atoms with Gasteiger partial charge in [0.2, 0.25) is 5.91 Å². The molecule has 1 radical (unpaired) electrons. The minimum atomic E-state index is -0.265. The zero-order chi connectivity index (χ0) is 11.4. The van der Waals surface area contributed by atoms with E-state index in [4.69, 9.17) is 16.3 Å². The Balaban J connectivity index is 4.19. The summed E-state index contributed by atoms with van der Waals surface area (Å²) in [5.41, 5.74) is -0.265. The molecule has 0 aliphatic rings. The number of nitrogens with one attached hydrogen (secondary N) is 1. The van der Waals surface area contributed by atoms with Gasteiger partial charge in [0.1, 0.15) is 0 Å². The van der Waals surface area contributed by atoms with Crippen LogP contribution in [0, 0.1) is 6.04 Å². The second-order valence-electron chi connectivity index (χ2n) is 4.24. The lowest BCUT2D eigenvalue weighted by atomic mass is 10.1. The molecular formula is C10H19ClNO2. The number of ether oxygens (including phenoxy) is 1. The average Bonchev–Trinajstić information content (AvgIpc) is 1.96. The van der Waals surface area contributed by atoms with Crippen LogP contribution < -0.4 is 5.32 Å². The van der Waals surface area contributed by atoms with Crippen LogP contribution in [0.3, 0.4) is 0 Å². The maximum atomic E-state index is 10.8. The fourth-order valence-electron chi connectivity index (χ4n) is 1.02. The molecule has 0 rings (SSSR count). The highest BCUT2D eigenvalue weighted by Crippen LogP contribution is 2.17. The van der Waals surface area contributed by atoms with Gasteiger partial charge in [0, 0.05) is 6.92 Å². The van der Waals surface area contributed by atoms with Gasteiger partial charge in [0.15, 0.2) is 0 Å². The van der Waals surface area contributed by atoms with E-state index in [2.05, 4.69) is 5.32 Å². The Morgan fingerprint density at radius 3 is 2.21 bits per heavy atom. The molecule has 0 saturated carbocycles. The Bertz CT molecular complexity index is 189. The van der Waals surface area contributed by atoms with Crippen LogP contribution in [0.4, 0.5) is 0 Å². The smallest absolute Gasteiger partial charge is 0.217 e. The standard InChI is InChI=1S/C10H19ClNO2/c1-7(12-8(2)13)9(6-11)14-10(3,4)5/h9H,6H2,1-5H3,(H,12,13)/t9-/m1/s1. The number of carbonyl (C=O) groups is 1. The van der Waals surface area contributed by atoms with E-state index in [1.165, 1.54) is 6.92 Å². The number of carbonyl (C=O) groups excluding carboxylic acids is 1. The van der Waals surface area contributed by atoms with Crippen molar-refractivity contribution in [2.45, 2.75) is 46.3 Å². The summed E-state index contributed by atoms with van der Waals surface area (Å²) in [5.74, 6) is 0.235. The molecule has 0 saturated heterocycles. The van der Waals surface area contributed by atoms with Crippen molar-refractivity contribution in [3.05, 3.63) is 6.04 Å². The predicted molar refractivity (Wildman–Crippen MR) is 58.1 cm³/mol. The van der Waals surface area contributed by atoms with Crippen LogP contribution in [0.15, 0.2) is 0 Å². The SMILES string of the molecule is C[C](NC(C)=O)[C@@H](CCl)OC(C)(C)C. The van der Waals surface area contributed by atoms with E-state index in [0.29, 0.717) is 5.88 Å². The van der Waals surface area contributed by atoms with Gasteiger partial charge in [-0.1, -0.05) is 0 Å². The third-order valence-electron chi connectivity index (χ3n) is 1.49. The Morgan fingerprint density at radius 1 is 1.43 bits per heavy atom. The first kappa shape index (κ1) is 13.7. The second kappa shape index (κ2) is 5.56. The summed E-state index contributed by atoms with van der Waals surface area (Å²) in [6.45, 7) is 9.13. The summed E-state index contributed by atoms with van der Waals surface area (Å²) in [5, 5.41) is 2.68. The minimum absolute atomic E-state index is 0.102. The van der Waals surface area contributed by atoms with Crippen LogP contribution in [0.25, 0.3) is 0 Å². The second-order valence-corrected chi connectivity index (χ2v) is 4.55. The number of hydrogen-bond acceptors (Lipinski definition) is 2. The molecule has 0 spiro atoms. The van der Waals surface area contributed by atoms with E-state index in [0.717, 1.165) is 6.04 Å². The molecule has 1 atom stereocenters. The van der Waals surface area contributed by atoms with Gasteiger partial charge in [-0.15, -0.1) is 11.6 Å². The maximum absolute atomic E-state index is 10.8. The zero-order valence-corrected chi connectivity index (χ0v) is 10.2. The summed E-state index contributed by atoms with van der Waals surface area (Å²) >= 11 is 5.75. The normalized spacial score (nSPS) is 14.2. The molecule has 0 aliphatic heterocycles. The van der Waals surface area contributed by atoms with Crippen molar-refractivity contribution in [2.24, 2.45) is 0 Å². The summed E-state index contributed by atoms with van der Waals surface area (Å²) in [4.78, 5) is 10.8. The largest absolute Gasteiger partial charge is 0.369 e. The molecule has 1 amide bonds. The van der Waals surface area contributed by atoms with Crippen LogP contribution in [-0.4, -0.2) is 23.5 Å². The zero-order valence-electron chi connectivity index (χ0n) is 9.48.